The van der Waals surface area contributed by atoms with Crippen molar-refractivity contribution in [1.82, 2.24) is 23.9 Å². The zero-order valence-electron chi connectivity index (χ0n) is 23.8. The summed E-state index contributed by atoms with van der Waals surface area (Å²) < 4.78 is 31.6. The highest BCUT2D eigenvalue weighted by Crippen LogP contribution is 2.38. The van der Waals surface area contributed by atoms with Gasteiger partial charge in [0.1, 0.15) is 16.5 Å². The van der Waals surface area contributed by atoms with Crippen LogP contribution in [0.5, 0.6) is 0 Å². The predicted molar refractivity (Wildman–Crippen MR) is 160 cm³/mol. The van der Waals surface area contributed by atoms with Crippen LogP contribution in [0.2, 0.25) is 5.02 Å². The minimum absolute atomic E-state index is 0.00712. The summed E-state index contributed by atoms with van der Waals surface area (Å²) >= 11 is 6.70. The fraction of sp³-hybridized carbons (Fsp3) is 0.400. The molecule has 1 N–H and O–H groups in total. The molecule has 5 heterocycles. The summed E-state index contributed by atoms with van der Waals surface area (Å²) in [5.41, 5.74) is 4.47. The van der Waals surface area contributed by atoms with Crippen molar-refractivity contribution >= 4 is 39.1 Å². The monoisotopic (exact) mass is 608 g/mol. The van der Waals surface area contributed by atoms with Crippen LogP contribution in [0.1, 0.15) is 65.2 Å². The van der Waals surface area contributed by atoms with Crippen LogP contribution in [0.3, 0.4) is 0 Å². The number of rotatable bonds is 6. The Morgan fingerprint density at radius 3 is 2.74 bits per heavy atom. The molecule has 0 radical (unpaired) electrons. The molecule has 4 aromatic rings. The number of carbonyl (C=O) groups is 1. The van der Waals surface area contributed by atoms with Gasteiger partial charge in [0.15, 0.2) is 5.65 Å². The van der Waals surface area contributed by atoms with Gasteiger partial charge in [0.2, 0.25) is 10.0 Å². The van der Waals surface area contributed by atoms with Gasteiger partial charge in [-0.2, -0.15) is 4.31 Å². The molecular formula is C30H33ClN6O4S. The first-order chi connectivity index (χ1) is 20.0. The van der Waals surface area contributed by atoms with Gasteiger partial charge in [-0.05, 0) is 86.1 Å². The first-order valence-corrected chi connectivity index (χ1v) is 15.9. The van der Waals surface area contributed by atoms with E-state index in [0.717, 1.165) is 53.9 Å². The lowest BCUT2D eigenvalue weighted by molar-refractivity contribution is -0.137. The van der Waals surface area contributed by atoms with Crippen LogP contribution in [0, 0.1) is 20.8 Å². The molecule has 220 valence electrons. The van der Waals surface area contributed by atoms with Crippen molar-refractivity contribution in [2.75, 3.05) is 18.0 Å². The van der Waals surface area contributed by atoms with Gasteiger partial charge >= 0.3 is 5.97 Å². The third kappa shape index (κ3) is 5.03. The van der Waals surface area contributed by atoms with Crippen LogP contribution in [0.4, 0.5) is 5.82 Å². The van der Waals surface area contributed by atoms with E-state index < -0.39 is 21.9 Å². The number of sulfonamides is 1. The number of aliphatic carboxylic acids is 1. The molecule has 1 saturated heterocycles. The van der Waals surface area contributed by atoms with Crippen LogP contribution >= 0.6 is 11.6 Å². The molecule has 0 aliphatic carbocycles. The summed E-state index contributed by atoms with van der Waals surface area (Å²) in [4.78, 5) is 19.0. The maximum atomic E-state index is 14.1. The highest BCUT2D eigenvalue weighted by Gasteiger charge is 2.39. The van der Waals surface area contributed by atoms with E-state index in [4.69, 9.17) is 11.6 Å². The second kappa shape index (κ2) is 10.9. The Morgan fingerprint density at radius 2 is 1.95 bits per heavy atom. The standard InChI is InChI=1S/C30H33ClN6O4S/c1-18-12-27-30(32-15-18)37-10-5-4-6-23(37)17-35(42(27,40)41)16-22-13-21(7-8-26(22)31)25(14-28(38)39)24-9-11-36-20(3)33-34-29(36)19(24)2/h7-9,11-13,15,23,25H,4-6,10,14,16-17H2,1-3H3,(H,38,39)/t23?,25-/m0/s1. The number of halogens is 1. The first kappa shape index (κ1) is 28.6. The molecule has 1 unspecified atom stereocenters. The molecule has 0 bridgehead atoms. The highest BCUT2D eigenvalue weighted by molar-refractivity contribution is 7.89. The molecule has 1 fully saturated rings. The summed E-state index contributed by atoms with van der Waals surface area (Å²) in [6.45, 7) is 6.76. The number of anilines is 1. The fourth-order valence-electron chi connectivity index (χ4n) is 6.33. The predicted octanol–water partition coefficient (Wildman–Crippen LogP) is 4.87. The minimum atomic E-state index is -3.89. The second-order valence-corrected chi connectivity index (χ2v) is 13.6. The van der Waals surface area contributed by atoms with E-state index in [9.17, 15) is 18.3 Å². The molecule has 1 aromatic carbocycles. The molecule has 6 rings (SSSR count). The topological polar surface area (TPSA) is 121 Å². The molecule has 10 nitrogen and oxygen atoms in total. The molecule has 3 aromatic heterocycles. The molecule has 12 heteroatoms. The Bertz CT molecular complexity index is 1810. The number of hydrogen-bond donors (Lipinski definition) is 1. The van der Waals surface area contributed by atoms with Gasteiger partial charge in [0.25, 0.3) is 0 Å². The normalized spacial score (nSPS) is 19.2. The van der Waals surface area contributed by atoms with Crippen LogP contribution in [-0.2, 0) is 21.4 Å². The van der Waals surface area contributed by atoms with Gasteiger partial charge in [-0.1, -0.05) is 23.7 Å². The SMILES string of the molecule is Cc1cnc2c(c1)S(=O)(=O)N(Cc1cc([C@H](CC(=O)O)c3ccn4c(C)nnc4c3C)ccc1Cl)CC1CCCCN21. The third-order valence-corrected chi connectivity index (χ3v) is 10.7. The number of hydrogen-bond acceptors (Lipinski definition) is 7. The van der Waals surface area contributed by atoms with Gasteiger partial charge in [-0.3, -0.25) is 9.20 Å². The van der Waals surface area contributed by atoms with E-state index in [-0.39, 0.29) is 23.9 Å². The molecule has 2 aliphatic rings. The number of pyridine rings is 2. The lowest BCUT2D eigenvalue weighted by Crippen LogP contribution is -2.45. The molecule has 2 aliphatic heterocycles. The van der Waals surface area contributed by atoms with Gasteiger partial charge < -0.3 is 10.0 Å². The number of aromatic nitrogens is 4. The number of carboxylic acid groups (broad SMARTS) is 1. The minimum Gasteiger partial charge on any atom is -0.481 e. The van der Waals surface area contributed by atoms with E-state index in [2.05, 4.69) is 20.1 Å². The molecule has 0 spiro atoms. The van der Waals surface area contributed by atoms with Crippen LogP contribution in [0.15, 0.2) is 47.6 Å². The quantitative estimate of drug-likeness (QED) is 0.329. The van der Waals surface area contributed by atoms with E-state index >= 15 is 0 Å². The van der Waals surface area contributed by atoms with E-state index in [0.29, 0.717) is 28.6 Å². The summed E-state index contributed by atoms with van der Waals surface area (Å²) in [6, 6.07) is 9.02. The third-order valence-electron chi connectivity index (χ3n) is 8.51. The summed E-state index contributed by atoms with van der Waals surface area (Å²) in [5, 5.41) is 18.7. The Labute approximate surface area is 250 Å². The Kier molecular flexibility index (Phi) is 7.44. The van der Waals surface area contributed by atoms with Crippen molar-refractivity contribution in [2.45, 2.75) is 69.9 Å². The summed E-state index contributed by atoms with van der Waals surface area (Å²) in [5.74, 6) is -0.183. The summed E-state index contributed by atoms with van der Waals surface area (Å²) in [7, 11) is -3.89. The fourth-order valence-corrected chi connectivity index (χ4v) is 8.19. The van der Waals surface area contributed by atoms with Crippen molar-refractivity contribution in [3.8, 4) is 0 Å². The largest absolute Gasteiger partial charge is 0.481 e. The number of nitrogens with zero attached hydrogens (tertiary/aromatic N) is 6. The van der Waals surface area contributed by atoms with Crippen molar-refractivity contribution in [2.24, 2.45) is 0 Å². The highest BCUT2D eigenvalue weighted by atomic mass is 35.5. The number of benzene rings is 1. The Morgan fingerprint density at radius 1 is 1.14 bits per heavy atom. The zero-order chi connectivity index (χ0) is 29.8. The molecule has 0 amide bonds. The van der Waals surface area contributed by atoms with Crippen molar-refractivity contribution < 1.29 is 18.3 Å². The molecule has 0 saturated carbocycles. The van der Waals surface area contributed by atoms with Gasteiger partial charge in [0, 0.05) is 49.0 Å². The van der Waals surface area contributed by atoms with Crippen LogP contribution < -0.4 is 4.90 Å². The average molecular weight is 609 g/mol. The summed E-state index contributed by atoms with van der Waals surface area (Å²) in [6.07, 6.45) is 6.31. The second-order valence-electron chi connectivity index (χ2n) is 11.3. The molecule has 42 heavy (non-hydrogen) atoms. The number of fused-ring (bicyclic) bond motifs is 4. The zero-order valence-corrected chi connectivity index (χ0v) is 25.4. The van der Waals surface area contributed by atoms with Crippen LogP contribution in [-0.4, -0.2) is 62.5 Å². The maximum Gasteiger partial charge on any atom is 0.304 e. The molecule has 2 atom stereocenters. The van der Waals surface area contributed by atoms with Crippen molar-refractivity contribution in [1.29, 1.82) is 0 Å². The smallest absolute Gasteiger partial charge is 0.304 e. The lowest BCUT2D eigenvalue weighted by Gasteiger charge is -2.36. The van der Waals surface area contributed by atoms with E-state index in [1.54, 1.807) is 18.3 Å². The number of piperidine rings is 1. The number of carboxylic acids is 1. The molecular weight excluding hydrogens is 576 g/mol. The van der Waals surface area contributed by atoms with Gasteiger partial charge in [-0.25, -0.2) is 13.4 Å². The maximum absolute atomic E-state index is 14.1. The first-order valence-electron chi connectivity index (χ1n) is 14.1. The average Bonchev–Trinajstić information content (AvgIpc) is 3.30. The van der Waals surface area contributed by atoms with Crippen molar-refractivity contribution in [3.63, 3.8) is 0 Å². The van der Waals surface area contributed by atoms with Gasteiger partial charge in [0.05, 0.1) is 6.42 Å². The lowest BCUT2D eigenvalue weighted by atomic mass is 9.86. The van der Waals surface area contributed by atoms with Crippen LogP contribution in [0.25, 0.3) is 5.65 Å². The van der Waals surface area contributed by atoms with E-state index in [1.165, 1.54) is 4.31 Å². The number of aryl methyl sites for hydroxylation is 3. The van der Waals surface area contributed by atoms with Gasteiger partial charge in [-0.15, -0.1) is 10.2 Å². The Balaban J connectivity index is 1.41. The van der Waals surface area contributed by atoms with E-state index in [1.807, 2.05) is 49.6 Å². The Hall–Kier alpha value is -3.54. The van der Waals surface area contributed by atoms with Crippen molar-refractivity contribution in [3.05, 3.63) is 81.4 Å².